The fourth-order valence-electron chi connectivity index (χ4n) is 3.29. The van der Waals surface area contributed by atoms with Crippen molar-refractivity contribution in [2.75, 3.05) is 0 Å². The molecule has 0 heterocycles. The quantitative estimate of drug-likeness (QED) is 0.347. The molecule has 0 bridgehead atoms. The van der Waals surface area contributed by atoms with E-state index in [1.54, 1.807) is 6.08 Å². The number of ether oxygens (including phenoxy) is 1. The van der Waals surface area contributed by atoms with Gasteiger partial charge in [0.25, 0.3) is 0 Å². The largest absolute Gasteiger partial charge is 0.460 e. The number of hydrogen-bond donors (Lipinski definition) is 0. The average molecular weight is 386 g/mol. The van der Waals surface area contributed by atoms with Crippen molar-refractivity contribution in [3.8, 4) is 0 Å². The van der Waals surface area contributed by atoms with Crippen molar-refractivity contribution in [1.29, 1.82) is 0 Å². The first-order valence-corrected chi connectivity index (χ1v) is 9.89. The molecule has 3 nitrogen and oxygen atoms in total. The standard InChI is InChI=1S/C26H27NO2/c1-2-12-25(26(28)29-21-24-17-10-5-11-18-24)27(19-22-13-6-3-7-14-22)20-23-15-8-4-9-16-23/h2-11,13-18,25H,1,12,19-21H2/t25-/m0/s1. The fraction of sp³-hybridized carbons (Fsp3) is 0.192. The first-order chi connectivity index (χ1) is 14.3. The van der Waals surface area contributed by atoms with E-state index in [2.05, 4.69) is 35.7 Å². The number of hydrogen-bond acceptors (Lipinski definition) is 3. The smallest absolute Gasteiger partial charge is 0.324 e. The molecule has 0 aliphatic rings. The molecule has 0 amide bonds. The molecule has 0 fully saturated rings. The summed E-state index contributed by atoms with van der Waals surface area (Å²) in [4.78, 5) is 15.2. The van der Waals surface area contributed by atoms with Gasteiger partial charge in [-0.05, 0) is 23.1 Å². The average Bonchev–Trinajstić information content (AvgIpc) is 2.77. The van der Waals surface area contributed by atoms with Gasteiger partial charge in [0.2, 0.25) is 0 Å². The number of carbonyl (C=O) groups is 1. The van der Waals surface area contributed by atoms with Gasteiger partial charge in [-0.3, -0.25) is 9.69 Å². The lowest BCUT2D eigenvalue weighted by molar-refractivity contribution is -0.152. The summed E-state index contributed by atoms with van der Waals surface area (Å²) in [5, 5.41) is 0. The normalized spacial score (nSPS) is 11.8. The van der Waals surface area contributed by atoms with Gasteiger partial charge in [-0.25, -0.2) is 0 Å². The third-order valence-corrected chi connectivity index (χ3v) is 4.78. The summed E-state index contributed by atoms with van der Waals surface area (Å²) in [7, 11) is 0. The minimum Gasteiger partial charge on any atom is -0.460 e. The van der Waals surface area contributed by atoms with E-state index in [-0.39, 0.29) is 12.6 Å². The van der Waals surface area contributed by atoms with E-state index in [9.17, 15) is 4.79 Å². The van der Waals surface area contributed by atoms with Crippen molar-refractivity contribution in [3.05, 3.63) is 120 Å². The van der Waals surface area contributed by atoms with Gasteiger partial charge in [0, 0.05) is 13.1 Å². The summed E-state index contributed by atoms with van der Waals surface area (Å²) in [6, 6.07) is 29.8. The lowest BCUT2D eigenvalue weighted by Crippen LogP contribution is -2.41. The van der Waals surface area contributed by atoms with Crippen LogP contribution in [0, 0.1) is 0 Å². The van der Waals surface area contributed by atoms with Crippen LogP contribution in [0.25, 0.3) is 0 Å². The molecule has 0 saturated heterocycles. The molecule has 0 radical (unpaired) electrons. The van der Waals surface area contributed by atoms with Crippen LogP contribution in [0.4, 0.5) is 0 Å². The molecule has 0 N–H and O–H groups in total. The van der Waals surface area contributed by atoms with Crippen LogP contribution in [-0.4, -0.2) is 16.9 Å². The summed E-state index contributed by atoms with van der Waals surface area (Å²) < 4.78 is 5.67. The Morgan fingerprint density at radius 1 is 0.793 bits per heavy atom. The molecule has 0 aliphatic carbocycles. The Balaban J connectivity index is 1.78. The zero-order chi connectivity index (χ0) is 20.3. The summed E-state index contributed by atoms with van der Waals surface area (Å²) >= 11 is 0. The minimum atomic E-state index is -0.392. The van der Waals surface area contributed by atoms with Gasteiger partial charge in [-0.2, -0.15) is 0 Å². The van der Waals surface area contributed by atoms with Crippen molar-refractivity contribution in [1.82, 2.24) is 4.90 Å². The molecular weight excluding hydrogens is 358 g/mol. The zero-order valence-electron chi connectivity index (χ0n) is 16.6. The number of esters is 1. The molecule has 3 rings (SSSR count). The maximum Gasteiger partial charge on any atom is 0.324 e. The molecule has 0 saturated carbocycles. The second kappa shape index (κ2) is 11.0. The molecule has 1 atom stereocenters. The highest BCUT2D eigenvalue weighted by Gasteiger charge is 2.26. The third kappa shape index (κ3) is 6.44. The summed E-state index contributed by atoms with van der Waals surface area (Å²) in [6.45, 7) is 5.46. The zero-order valence-corrected chi connectivity index (χ0v) is 16.6. The molecule has 148 valence electrons. The minimum absolute atomic E-state index is 0.222. The van der Waals surface area contributed by atoms with Gasteiger partial charge in [0.05, 0.1) is 0 Å². The number of carbonyl (C=O) groups excluding carboxylic acids is 1. The molecule has 0 aliphatic heterocycles. The fourth-order valence-corrected chi connectivity index (χ4v) is 3.29. The number of benzene rings is 3. The van der Waals surface area contributed by atoms with Crippen molar-refractivity contribution >= 4 is 5.97 Å². The summed E-state index contributed by atoms with van der Waals surface area (Å²) in [5.74, 6) is -0.222. The predicted molar refractivity (Wildman–Crippen MR) is 117 cm³/mol. The maximum absolute atomic E-state index is 13.0. The topological polar surface area (TPSA) is 29.5 Å². The molecule has 0 unspecified atom stereocenters. The molecule has 29 heavy (non-hydrogen) atoms. The van der Waals surface area contributed by atoms with Crippen LogP contribution in [-0.2, 0) is 29.2 Å². The lowest BCUT2D eigenvalue weighted by Gasteiger charge is -2.30. The van der Waals surface area contributed by atoms with E-state index < -0.39 is 6.04 Å². The highest BCUT2D eigenvalue weighted by atomic mass is 16.5. The van der Waals surface area contributed by atoms with Gasteiger partial charge < -0.3 is 4.74 Å². The predicted octanol–water partition coefficient (Wildman–Crippen LogP) is 5.38. The van der Waals surface area contributed by atoms with Crippen molar-refractivity contribution < 1.29 is 9.53 Å². The Morgan fingerprint density at radius 3 is 1.69 bits per heavy atom. The van der Waals surface area contributed by atoms with Gasteiger partial charge in [-0.15, -0.1) is 6.58 Å². The van der Waals surface area contributed by atoms with E-state index in [1.165, 1.54) is 0 Å². The van der Waals surface area contributed by atoms with E-state index in [0.717, 1.165) is 16.7 Å². The summed E-state index contributed by atoms with van der Waals surface area (Å²) in [5.41, 5.74) is 3.30. The van der Waals surface area contributed by atoms with Crippen molar-refractivity contribution in [3.63, 3.8) is 0 Å². The maximum atomic E-state index is 13.0. The van der Waals surface area contributed by atoms with E-state index >= 15 is 0 Å². The van der Waals surface area contributed by atoms with Crippen LogP contribution < -0.4 is 0 Å². The molecular formula is C26H27NO2. The Bertz CT molecular complexity index is 837. The third-order valence-electron chi connectivity index (χ3n) is 4.78. The van der Waals surface area contributed by atoms with Crippen LogP contribution in [0.1, 0.15) is 23.1 Å². The van der Waals surface area contributed by atoms with Crippen molar-refractivity contribution in [2.45, 2.75) is 32.2 Å². The Labute approximate surface area is 173 Å². The Morgan fingerprint density at radius 2 is 1.24 bits per heavy atom. The molecule has 3 aromatic rings. The van der Waals surface area contributed by atoms with Crippen LogP contribution in [0.3, 0.4) is 0 Å². The van der Waals surface area contributed by atoms with E-state index in [1.807, 2.05) is 66.7 Å². The SMILES string of the molecule is C=CC[C@@H](C(=O)OCc1ccccc1)N(Cc1ccccc1)Cc1ccccc1. The van der Waals surface area contributed by atoms with E-state index in [0.29, 0.717) is 19.5 Å². The first kappa shape index (κ1) is 20.6. The van der Waals surface area contributed by atoms with Crippen LogP contribution >= 0.6 is 0 Å². The van der Waals surface area contributed by atoms with Gasteiger partial charge >= 0.3 is 5.97 Å². The molecule has 3 aromatic carbocycles. The van der Waals surface area contributed by atoms with Crippen LogP contribution in [0.5, 0.6) is 0 Å². The van der Waals surface area contributed by atoms with Crippen molar-refractivity contribution in [2.24, 2.45) is 0 Å². The van der Waals surface area contributed by atoms with Gasteiger partial charge in [-0.1, -0.05) is 97.1 Å². The first-order valence-electron chi connectivity index (χ1n) is 9.89. The number of rotatable bonds is 10. The molecule has 3 heteroatoms. The highest BCUT2D eigenvalue weighted by Crippen LogP contribution is 2.18. The molecule has 0 aromatic heterocycles. The second-order valence-corrected chi connectivity index (χ2v) is 7.01. The van der Waals surface area contributed by atoms with Crippen LogP contribution in [0.2, 0.25) is 0 Å². The molecule has 0 spiro atoms. The Kier molecular flexibility index (Phi) is 7.79. The monoisotopic (exact) mass is 385 g/mol. The van der Waals surface area contributed by atoms with Crippen LogP contribution in [0.15, 0.2) is 104 Å². The van der Waals surface area contributed by atoms with Gasteiger partial charge in [0.1, 0.15) is 12.6 Å². The van der Waals surface area contributed by atoms with E-state index in [4.69, 9.17) is 4.74 Å². The highest BCUT2D eigenvalue weighted by molar-refractivity contribution is 5.76. The summed E-state index contributed by atoms with van der Waals surface area (Å²) in [6.07, 6.45) is 2.32. The van der Waals surface area contributed by atoms with Gasteiger partial charge in [0.15, 0.2) is 0 Å². The second-order valence-electron chi connectivity index (χ2n) is 7.01. The lowest BCUT2D eigenvalue weighted by atomic mass is 10.1. The number of nitrogens with zero attached hydrogens (tertiary/aromatic N) is 1. The Hall–Kier alpha value is -3.17.